The van der Waals surface area contributed by atoms with Gasteiger partial charge in [0.15, 0.2) is 0 Å². The molecule has 0 aromatic rings. The summed E-state index contributed by atoms with van der Waals surface area (Å²) in [6, 6.07) is 0. The quantitative estimate of drug-likeness (QED) is 0.582. The lowest BCUT2D eigenvalue weighted by Crippen LogP contribution is -2.53. The van der Waals surface area contributed by atoms with Gasteiger partial charge >= 0.3 is 0 Å². The second-order valence-electron chi connectivity index (χ2n) is 8.39. The van der Waals surface area contributed by atoms with Gasteiger partial charge in [0.2, 0.25) is 0 Å². The molecular formula is C19H27FO. The second-order valence-corrected chi connectivity index (χ2v) is 8.39. The van der Waals surface area contributed by atoms with Crippen molar-refractivity contribution in [3.05, 3.63) is 11.6 Å². The minimum atomic E-state index is -0.674. The van der Waals surface area contributed by atoms with Gasteiger partial charge in [-0.05, 0) is 62.7 Å². The number of Topliss-reactive ketones (excluding diaryl/α,β-unsaturated/α-hetero) is 1. The lowest BCUT2D eigenvalue weighted by atomic mass is 9.47. The average Bonchev–Trinajstić information content (AvgIpc) is 2.76. The zero-order chi connectivity index (χ0) is 14.8. The number of halogens is 1. The number of allylic oxidation sites excluding steroid dienone is 2. The maximum atomic E-state index is 14.9. The third-order valence-electron chi connectivity index (χ3n) is 7.82. The van der Waals surface area contributed by atoms with Crippen molar-refractivity contribution in [3.8, 4) is 0 Å². The van der Waals surface area contributed by atoms with E-state index in [0.717, 1.165) is 38.5 Å². The number of rotatable bonds is 0. The number of carbonyl (C=O) groups is 1. The van der Waals surface area contributed by atoms with Gasteiger partial charge in [-0.25, -0.2) is 4.39 Å². The zero-order valence-electron chi connectivity index (χ0n) is 13.3. The van der Waals surface area contributed by atoms with Crippen molar-refractivity contribution in [2.24, 2.45) is 28.6 Å². The highest BCUT2D eigenvalue weighted by Gasteiger charge is 2.60. The summed E-state index contributed by atoms with van der Waals surface area (Å²) in [5, 5.41) is 0. The molecule has 0 radical (unpaired) electrons. The number of hydrogen-bond acceptors (Lipinski definition) is 1. The van der Waals surface area contributed by atoms with Crippen molar-refractivity contribution >= 4 is 5.78 Å². The number of hydrogen-bond donors (Lipinski definition) is 0. The number of fused-ring (bicyclic) bond motifs is 5. The molecule has 3 saturated carbocycles. The van der Waals surface area contributed by atoms with E-state index in [0.29, 0.717) is 30.0 Å². The fraction of sp³-hybridized carbons (Fsp3) is 0.842. The highest BCUT2D eigenvalue weighted by atomic mass is 19.1. The molecular weight excluding hydrogens is 263 g/mol. The lowest BCUT2D eigenvalue weighted by molar-refractivity contribution is -0.133. The number of ketones is 1. The van der Waals surface area contributed by atoms with Crippen molar-refractivity contribution in [1.29, 1.82) is 0 Å². The van der Waals surface area contributed by atoms with Crippen LogP contribution in [0.5, 0.6) is 0 Å². The molecule has 0 N–H and O–H groups in total. The monoisotopic (exact) mass is 290 g/mol. The van der Waals surface area contributed by atoms with Gasteiger partial charge < -0.3 is 0 Å². The van der Waals surface area contributed by atoms with Crippen LogP contribution >= 0.6 is 0 Å². The topological polar surface area (TPSA) is 17.1 Å². The fourth-order valence-electron chi connectivity index (χ4n) is 6.49. The van der Waals surface area contributed by atoms with Gasteiger partial charge in [0, 0.05) is 17.3 Å². The molecule has 0 aromatic carbocycles. The van der Waals surface area contributed by atoms with Crippen LogP contribution in [0.4, 0.5) is 4.39 Å². The molecule has 0 aromatic heterocycles. The molecule has 0 spiro atoms. The van der Waals surface area contributed by atoms with Crippen LogP contribution in [-0.4, -0.2) is 12.0 Å². The Labute approximate surface area is 127 Å². The van der Waals surface area contributed by atoms with Crippen LogP contribution in [0.15, 0.2) is 11.6 Å². The van der Waals surface area contributed by atoms with E-state index >= 15 is 0 Å². The Hall–Kier alpha value is -0.660. The van der Waals surface area contributed by atoms with Crippen LogP contribution in [0.1, 0.15) is 65.2 Å². The highest BCUT2D eigenvalue weighted by molar-refractivity contribution is 5.87. The minimum absolute atomic E-state index is 0.0841. The molecule has 1 unspecified atom stereocenters. The fourth-order valence-corrected chi connectivity index (χ4v) is 6.49. The van der Waals surface area contributed by atoms with Crippen LogP contribution in [-0.2, 0) is 4.79 Å². The van der Waals surface area contributed by atoms with Crippen molar-refractivity contribution in [3.63, 3.8) is 0 Å². The molecule has 6 atom stereocenters. The van der Waals surface area contributed by atoms with E-state index in [1.807, 2.05) is 0 Å². The van der Waals surface area contributed by atoms with E-state index in [1.54, 1.807) is 0 Å². The Morgan fingerprint density at radius 3 is 2.71 bits per heavy atom. The van der Waals surface area contributed by atoms with Crippen LogP contribution in [0.2, 0.25) is 0 Å². The normalized spacial score (nSPS) is 52.7. The molecule has 0 saturated heterocycles. The van der Waals surface area contributed by atoms with Gasteiger partial charge in [0.25, 0.3) is 0 Å². The Bertz CT molecular complexity index is 510. The van der Waals surface area contributed by atoms with Crippen molar-refractivity contribution in [2.75, 3.05) is 0 Å². The van der Waals surface area contributed by atoms with Crippen LogP contribution in [0, 0.1) is 28.6 Å². The summed E-state index contributed by atoms with van der Waals surface area (Å²) in [6.07, 6.45) is 9.40. The largest absolute Gasteiger partial charge is 0.299 e. The summed E-state index contributed by atoms with van der Waals surface area (Å²) in [5.74, 6) is 2.06. The average molecular weight is 290 g/mol. The van der Waals surface area contributed by atoms with Gasteiger partial charge in [-0.2, -0.15) is 0 Å². The predicted octanol–water partition coefficient (Wildman–Crippen LogP) is 4.86. The summed E-state index contributed by atoms with van der Waals surface area (Å²) in [6.45, 7) is 4.39. The molecule has 3 fully saturated rings. The summed E-state index contributed by atoms with van der Waals surface area (Å²) >= 11 is 0. The molecule has 4 aliphatic rings. The maximum Gasteiger partial charge on any atom is 0.139 e. The van der Waals surface area contributed by atoms with E-state index in [4.69, 9.17) is 0 Å². The van der Waals surface area contributed by atoms with Crippen LogP contribution in [0.25, 0.3) is 0 Å². The summed E-state index contributed by atoms with van der Waals surface area (Å²) in [5.41, 5.74) is 1.09. The Kier molecular flexibility index (Phi) is 2.94. The molecule has 0 bridgehead atoms. The molecule has 2 heteroatoms. The lowest BCUT2D eigenvalue weighted by Gasteiger charge is -2.57. The molecule has 4 aliphatic carbocycles. The molecule has 1 nitrogen and oxygen atoms in total. The summed E-state index contributed by atoms with van der Waals surface area (Å²) in [7, 11) is 0. The first kappa shape index (κ1) is 14.0. The molecule has 0 aliphatic heterocycles. The maximum absolute atomic E-state index is 14.9. The predicted molar refractivity (Wildman–Crippen MR) is 81.6 cm³/mol. The summed E-state index contributed by atoms with van der Waals surface area (Å²) < 4.78 is 14.9. The molecule has 0 amide bonds. The molecule has 21 heavy (non-hydrogen) atoms. The minimum Gasteiger partial charge on any atom is -0.299 e. The van der Waals surface area contributed by atoms with Gasteiger partial charge in [-0.15, -0.1) is 0 Å². The Morgan fingerprint density at radius 1 is 1.10 bits per heavy atom. The molecule has 4 rings (SSSR count). The smallest absolute Gasteiger partial charge is 0.139 e. The third-order valence-corrected chi connectivity index (χ3v) is 7.82. The van der Waals surface area contributed by atoms with Gasteiger partial charge in [0.1, 0.15) is 12.0 Å². The van der Waals surface area contributed by atoms with E-state index in [-0.39, 0.29) is 10.8 Å². The first-order valence-corrected chi connectivity index (χ1v) is 8.85. The van der Waals surface area contributed by atoms with Crippen molar-refractivity contribution in [2.45, 2.75) is 71.4 Å². The Morgan fingerprint density at radius 2 is 1.90 bits per heavy atom. The molecule has 116 valence electrons. The first-order valence-electron chi connectivity index (χ1n) is 8.85. The number of alkyl halides is 1. The van der Waals surface area contributed by atoms with Crippen molar-refractivity contribution < 1.29 is 9.18 Å². The Balaban J connectivity index is 1.72. The SMILES string of the molecule is C[C@]12CC[C@H]3[C@@H](CCC4=CCCC(F)[C@@]43C)[C@@H]1CCC2=O. The number of carbonyl (C=O) groups excluding carboxylic acids is 1. The van der Waals surface area contributed by atoms with E-state index in [2.05, 4.69) is 19.9 Å². The summed E-state index contributed by atoms with van der Waals surface area (Å²) in [4.78, 5) is 12.3. The van der Waals surface area contributed by atoms with Crippen LogP contribution < -0.4 is 0 Å². The van der Waals surface area contributed by atoms with E-state index in [1.165, 1.54) is 12.0 Å². The third kappa shape index (κ3) is 1.65. The van der Waals surface area contributed by atoms with Gasteiger partial charge in [-0.1, -0.05) is 25.5 Å². The second kappa shape index (κ2) is 4.43. The van der Waals surface area contributed by atoms with E-state index in [9.17, 15) is 9.18 Å². The highest BCUT2D eigenvalue weighted by Crippen LogP contribution is 2.64. The van der Waals surface area contributed by atoms with Crippen LogP contribution in [0.3, 0.4) is 0 Å². The first-order chi connectivity index (χ1) is 9.98. The van der Waals surface area contributed by atoms with Crippen molar-refractivity contribution in [1.82, 2.24) is 0 Å². The standard InChI is InChI=1S/C19H27FO/c1-18-11-10-15-13(14(18)8-9-17(18)21)7-6-12-4-3-5-16(20)19(12,15)2/h4,13-16H,3,5-11H2,1-2H3/t13-,14-,15-,16?,18-,19-/m0/s1. The van der Waals surface area contributed by atoms with Gasteiger partial charge in [0.05, 0.1) is 0 Å². The molecule has 0 heterocycles. The van der Waals surface area contributed by atoms with E-state index < -0.39 is 6.17 Å². The zero-order valence-corrected chi connectivity index (χ0v) is 13.3. The van der Waals surface area contributed by atoms with Gasteiger partial charge in [-0.3, -0.25) is 4.79 Å².